The van der Waals surface area contributed by atoms with Gasteiger partial charge in [-0.2, -0.15) is 5.10 Å². The van der Waals surface area contributed by atoms with Gasteiger partial charge in [-0.1, -0.05) is 6.07 Å². The van der Waals surface area contributed by atoms with E-state index in [1.54, 1.807) is 11.0 Å². The van der Waals surface area contributed by atoms with E-state index in [-0.39, 0.29) is 5.91 Å². The fourth-order valence-electron chi connectivity index (χ4n) is 2.60. The van der Waals surface area contributed by atoms with Gasteiger partial charge in [0.25, 0.3) is 5.91 Å². The van der Waals surface area contributed by atoms with E-state index < -0.39 is 0 Å². The minimum absolute atomic E-state index is 0.0853. The van der Waals surface area contributed by atoms with Gasteiger partial charge >= 0.3 is 0 Å². The van der Waals surface area contributed by atoms with Gasteiger partial charge in [-0.15, -0.1) is 11.3 Å². The summed E-state index contributed by atoms with van der Waals surface area (Å²) >= 11 is 1.48. The van der Waals surface area contributed by atoms with Crippen LogP contribution < -0.4 is 0 Å². The van der Waals surface area contributed by atoms with Crippen LogP contribution in [0.5, 0.6) is 0 Å². The molecule has 1 aliphatic rings. The van der Waals surface area contributed by atoms with Crippen molar-refractivity contribution in [1.82, 2.24) is 29.2 Å². The van der Waals surface area contributed by atoms with Crippen LogP contribution in [0.25, 0.3) is 0 Å². The van der Waals surface area contributed by atoms with Crippen LogP contribution >= 0.6 is 11.3 Å². The Labute approximate surface area is 130 Å². The summed E-state index contributed by atoms with van der Waals surface area (Å²) in [5.74, 6) is 1.01. The predicted octanol–water partition coefficient (Wildman–Crippen LogP) is 1.24. The second kappa shape index (κ2) is 5.38. The number of carbonyl (C=O) groups is 1. The predicted molar refractivity (Wildman–Crippen MR) is 80.4 cm³/mol. The smallest absolute Gasteiger partial charge is 0.264 e. The molecule has 0 bridgehead atoms. The van der Waals surface area contributed by atoms with E-state index in [0.717, 1.165) is 22.9 Å². The van der Waals surface area contributed by atoms with Crippen LogP contribution in [0.15, 0.2) is 36.4 Å². The van der Waals surface area contributed by atoms with Gasteiger partial charge in [-0.05, 0) is 11.4 Å². The number of amides is 1. The standard InChI is InChI=1S/C14H14N6OS/c21-14(12-2-1-5-22-12)19-4-3-18-6-11(17-13(18)8-19)7-20-10-15-9-16-20/h1-2,5-6,9-10H,3-4,7-8H2. The van der Waals surface area contributed by atoms with Gasteiger partial charge in [0.1, 0.15) is 18.5 Å². The van der Waals surface area contributed by atoms with Crippen LogP contribution in [-0.4, -0.2) is 41.7 Å². The first-order valence-corrected chi connectivity index (χ1v) is 7.88. The number of thiophene rings is 1. The Hall–Kier alpha value is -2.48. The molecule has 0 spiro atoms. The van der Waals surface area contributed by atoms with E-state index in [1.807, 2.05) is 28.6 Å². The average molecular weight is 314 g/mol. The van der Waals surface area contributed by atoms with E-state index in [0.29, 0.717) is 19.6 Å². The molecule has 1 amide bonds. The summed E-state index contributed by atoms with van der Waals surface area (Å²) in [4.78, 5) is 23.6. The number of hydrogen-bond acceptors (Lipinski definition) is 5. The first-order chi connectivity index (χ1) is 10.8. The van der Waals surface area contributed by atoms with Crippen LogP contribution in [0.1, 0.15) is 21.2 Å². The van der Waals surface area contributed by atoms with Crippen LogP contribution in [0.3, 0.4) is 0 Å². The minimum atomic E-state index is 0.0853. The molecule has 4 heterocycles. The largest absolute Gasteiger partial charge is 0.331 e. The quantitative estimate of drug-likeness (QED) is 0.729. The molecule has 7 nitrogen and oxygen atoms in total. The zero-order valence-electron chi connectivity index (χ0n) is 11.8. The third-order valence-electron chi connectivity index (χ3n) is 3.66. The van der Waals surface area contributed by atoms with Crippen LogP contribution in [0.2, 0.25) is 0 Å². The lowest BCUT2D eigenvalue weighted by Crippen LogP contribution is -2.37. The SMILES string of the molecule is O=C(c1cccs1)N1CCn2cc(Cn3cncn3)nc2C1. The number of hydrogen-bond donors (Lipinski definition) is 0. The van der Waals surface area contributed by atoms with Gasteiger partial charge in [0, 0.05) is 19.3 Å². The van der Waals surface area contributed by atoms with Crippen LogP contribution in [0, 0.1) is 0 Å². The molecule has 0 aliphatic carbocycles. The van der Waals surface area contributed by atoms with Gasteiger partial charge in [0.2, 0.25) is 0 Å². The maximum absolute atomic E-state index is 12.4. The Bertz CT molecular complexity index is 776. The van der Waals surface area contributed by atoms with Crippen molar-refractivity contribution >= 4 is 17.2 Å². The highest BCUT2D eigenvalue weighted by atomic mass is 32.1. The molecular formula is C14H14N6OS. The summed E-state index contributed by atoms with van der Waals surface area (Å²) < 4.78 is 3.85. The van der Waals surface area contributed by atoms with Crippen molar-refractivity contribution in [3.8, 4) is 0 Å². The van der Waals surface area contributed by atoms with Gasteiger partial charge in [0.05, 0.1) is 23.7 Å². The number of imidazole rings is 1. The first-order valence-electron chi connectivity index (χ1n) is 7.00. The van der Waals surface area contributed by atoms with Crippen molar-refractivity contribution in [3.63, 3.8) is 0 Å². The van der Waals surface area contributed by atoms with Crippen molar-refractivity contribution in [2.45, 2.75) is 19.6 Å². The monoisotopic (exact) mass is 314 g/mol. The fourth-order valence-corrected chi connectivity index (χ4v) is 3.29. The molecule has 0 unspecified atom stereocenters. The highest BCUT2D eigenvalue weighted by Gasteiger charge is 2.23. The van der Waals surface area contributed by atoms with Crippen molar-refractivity contribution in [3.05, 3.63) is 52.8 Å². The van der Waals surface area contributed by atoms with E-state index in [4.69, 9.17) is 0 Å². The maximum atomic E-state index is 12.4. The van der Waals surface area contributed by atoms with Crippen LogP contribution in [-0.2, 0) is 19.6 Å². The molecule has 3 aromatic heterocycles. The molecule has 0 atom stereocenters. The van der Waals surface area contributed by atoms with Gasteiger partial charge in [-0.25, -0.2) is 14.6 Å². The third kappa shape index (κ3) is 2.41. The Morgan fingerprint density at radius 2 is 2.32 bits per heavy atom. The lowest BCUT2D eigenvalue weighted by molar-refractivity contribution is 0.0712. The minimum Gasteiger partial charge on any atom is -0.331 e. The van der Waals surface area contributed by atoms with Crippen molar-refractivity contribution in [2.24, 2.45) is 0 Å². The van der Waals surface area contributed by atoms with E-state index >= 15 is 0 Å². The summed E-state index contributed by atoms with van der Waals surface area (Å²) in [6.45, 7) is 2.63. The Balaban J connectivity index is 1.51. The molecule has 0 aromatic carbocycles. The topological polar surface area (TPSA) is 68.8 Å². The lowest BCUT2D eigenvalue weighted by Gasteiger charge is -2.27. The third-order valence-corrected chi connectivity index (χ3v) is 4.52. The zero-order chi connectivity index (χ0) is 14.9. The highest BCUT2D eigenvalue weighted by molar-refractivity contribution is 7.12. The molecule has 8 heteroatoms. The molecule has 0 radical (unpaired) electrons. The molecule has 4 rings (SSSR count). The maximum Gasteiger partial charge on any atom is 0.264 e. The molecule has 22 heavy (non-hydrogen) atoms. The number of rotatable bonds is 3. The Kier molecular flexibility index (Phi) is 3.23. The zero-order valence-corrected chi connectivity index (χ0v) is 12.6. The highest BCUT2D eigenvalue weighted by Crippen LogP contribution is 2.18. The lowest BCUT2D eigenvalue weighted by atomic mass is 10.3. The number of aromatic nitrogens is 5. The normalized spacial score (nSPS) is 14.1. The molecular weight excluding hydrogens is 300 g/mol. The average Bonchev–Trinajstić information content (AvgIpc) is 3.27. The molecule has 3 aromatic rings. The molecule has 112 valence electrons. The number of carbonyl (C=O) groups excluding carboxylic acids is 1. The summed E-state index contributed by atoms with van der Waals surface area (Å²) in [6.07, 6.45) is 5.21. The van der Waals surface area contributed by atoms with E-state index in [1.165, 1.54) is 17.7 Å². The Morgan fingerprint density at radius 3 is 3.09 bits per heavy atom. The number of nitrogens with zero attached hydrogens (tertiary/aromatic N) is 6. The van der Waals surface area contributed by atoms with Crippen molar-refractivity contribution in [2.75, 3.05) is 6.54 Å². The fraction of sp³-hybridized carbons (Fsp3) is 0.286. The molecule has 0 N–H and O–H groups in total. The summed E-state index contributed by atoms with van der Waals surface area (Å²) in [6, 6.07) is 3.77. The van der Waals surface area contributed by atoms with Crippen LogP contribution in [0.4, 0.5) is 0 Å². The second-order valence-corrected chi connectivity index (χ2v) is 6.09. The second-order valence-electron chi connectivity index (χ2n) is 5.14. The molecule has 1 aliphatic heterocycles. The summed E-state index contributed by atoms with van der Waals surface area (Å²) in [5, 5.41) is 6.01. The van der Waals surface area contributed by atoms with Crippen molar-refractivity contribution in [1.29, 1.82) is 0 Å². The first kappa shape index (κ1) is 13.2. The molecule has 0 fully saturated rings. The summed E-state index contributed by atoms with van der Waals surface area (Å²) in [7, 11) is 0. The molecule has 0 saturated carbocycles. The van der Waals surface area contributed by atoms with Gasteiger partial charge in [-0.3, -0.25) is 4.79 Å². The van der Waals surface area contributed by atoms with Gasteiger partial charge in [0.15, 0.2) is 0 Å². The van der Waals surface area contributed by atoms with E-state index in [9.17, 15) is 4.79 Å². The Morgan fingerprint density at radius 1 is 1.36 bits per heavy atom. The number of fused-ring (bicyclic) bond motifs is 1. The molecule has 0 saturated heterocycles. The summed E-state index contributed by atoms with van der Waals surface area (Å²) in [5.41, 5.74) is 0.936. The van der Waals surface area contributed by atoms with Gasteiger partial charge < -0.3 is 9.47 Å². The van der Waals surface area contributed by atoms with E-state index in [2.05, 4.69) is 19.6 Å². The van der Waals surface area contributed by atoms with Crippen molar-refractivity contribution < 1.29 is 4.79 Å².